The van der Waals surface area contributed by atoms with Crippen molar-refractivity contribution in [1.29, 1.82) is 0 Å². The average molecular weight is 421 g/mol. The molecule has 0 bridgehead atoms. The molecular formula is C20H28FN5O4. The van der Waals surface area contributed by atoms with Gasteiger partial charge in [0.15, 0.2) is 0 Å². The molecule has 3 amide bonds. The van der Waals surface area contributed by atoms with Crippen molar-refractivity contribution in [3.8, 4) is 0 Å². The molecule has 3 aliphatic rings. The lowest BCUT2D eigenvalue weighted by molar-refractivity contribution is -0.133. The lowest BCUT2D eigenvalue weighted by atomic mass is 10.2. The first-order valence-corrected chi connectivity index (χ1v) is 10.3. The van der Waals surface area contributed by atoms with Gasteiger partial charge < -0.3 is 19.9 Å². The Hall–Kier alpha value is -2.91. The molecule has 2 aliphatic heterocycles. The Kier molecular flexibility index (Phi) is 7.07. The molecule has 0 radical (unpaired) electrons. The molecule has 9 nitrogen and oxygen atoms in total. The van der Waals surface area contributed by atoms with Gasteiger partial charge in [-0.25, -0.2) is 14.2 Å². The van der Waals surface area contributed by atoms with Gasteiger partial charge in [0.05, 0.1) is 25.3 Å². The molecule has 2 fully saturated rings. The highest BCUT2D eigenvalue weighted by atomic mass is 19.1. The molecule has 1 atom stereocenters. The lowest BCUT2D eigenvalue weighted by Gasteiger charge is -2.30. The zero-order valence-electron chi connectivity index (χ0n) is 17.3. The summed E-state index contributed by atoms with van der Waals surface area (Å²) in [6.45, 7) is 4.70. The second-order valence-electron chi connectivity index (χ2n) is 7.56. The fourth-order valence-electron chi connectivity index (χ4n) is 3.26. The minimum Gasteiger partial charge on any atom is -0.442 e. The van der Waals surface area contributed by atoms with Crippen molar-refractivity contribution in [1.82, 2.24) is 20.1 Å². The van der Waals surface area contributed by atoms with Crippen LogP contribution in [-0.2, 0) is 14.3 Å². The third kappa shape index (κ3) is 5.58. The number of rotatable bonds is 8. The number of hydrogen-bond donors (Lipinski definition) is 1. The van der Waals surface area contributed by atoms with E-state index in [-0.39, 0.29) is 37.4 Å². The Morgan fingerprint density at radius 1 is 1.33 bits per heavy atom. The van der Waals surface area contributed by atoms with Crippen LogP contribution in [0.1, 0.15) is 33.1 Å². The second kappa shape index (κ2) is 9.73. The van der Waals surface area contributed by atoms with Crippen molar-refractivity contribution >= 4 is 24.2 Å². The van der Waals surface area contributed by atoms with Crippen LogP contribution in [0, 0.1) is 5.92 Å². The fourth-order valence-corrected chi connectivity index (χ4v) is 3.26. The molecule has 1 N–H and O–H groups in total. The minimum absolute atomic E-state index is 0.0318. The Labute approximate surface area is 175 Å². The largest absolute Gasteiger partial charge is 0.442 e. The zero-order valence-corrected chi connectivity index (χ0v) is 17.3. The SMILES string of the molecule is CCC=C(C(F)=CCN1CC(CNC(C)=O)OC1=O)N1C=NN(C(=O)C2CC2)CC1. The van der Waals surface area contributed by atoms with Crippen molar-refractivity contribution in [3.63, 3.8) is 0 Å². The van der Waals surface area contributed by atoms with E-state index in [1.54, 1.807) is 11.0 Å². The summed E-state index contributed by atoms with van der Waals surface area (Å²) in [6.07, 6.45) is 6.02. The topological polar surface area (TPSA) is 94.6 Å². The number of cyclic esters (lactones) is 1. The summed E-state index contributed by atoms with van der Waals surface area (Å²) in [7, 11) is 0. The first-order chi connectivity index (χ1) is 14.4. The van der Waals surface area contributed by atoms with Crippen LogP contribution < -0.4 is 5.32 Å². The smallest absolute Gasteiger partial charge is 0.410 e. The van der Waals surface area contributed by atoms with Gasteiger partial charge in [0, 0.05) is 25.9 Å². The number of hydrazone groups is 1. The first-order valence-electron chi connectivity index (χ1n) is 10.3. The maximum Gasteiger partial charge on any atom is 0.410 e. The third-order valence-corrected chi connectivity index (χ3v) is 5.03. The molecule has 10 heteroatoms. The number of carbonyl (C=O) groups is 3. The Morgan fingerprint density at radius 3 is 2.70 bits per heavy atom. The standard InChI is InChI=1S/C20H28FN5O4/c1-3-4-18(25-9-10-26(23-13-25)19(28)15-5-6-15)17(21)7-8-24-12-16(30-20(24)29)11-22-14(2)27/h4,7,13,15-16H,3,5-6,8-12H2,1-2H3,(H,22,27). The van der Waals surface area contributed by atoms with Crippen LogP contribution in [0.5, 0.6) is 0 Å². The van der Waals surface area contributed by atoms with Gasteiger partial charge in [-0.1, -0.05) is 13.0 Å². The molecule has 1 saturated carbocycles. The summed E-state index contributed by atoms with van der Waals surface area (Å²) < 4.78 is 20.1. The molecule has 30 heavy (non-hydrogen) atoms. The lowest BCUT2D eigenvalue weighted by Crippen LogP contribution is -2.41. The second-order valence-corrected chi connectivity index (χ2v) is 7.56. The van der Waals surface area contributed by atoms with Crippen molar-refractivity contribution in [3.05, 3.63) is 23.7 Å². The normalized spacial score (nSPS) is 22.4. The molecule has 0 spiro atoms. The van der Waals surface area contributed by atoms with Crippen LogP contribution in [-0.4, -0.2) is 77.9 Å². The van der Waals surface area contributed by atoms with Crippen molar-refractivity contribution in [2.24, 2.45) is 11.0 Å². The molecule has 2 heterocycles. The molecule has 1 unspecified atom stereocenters. The van der Waals surface area contributed by atoms with Gasteiger partial charge in [-0.2, -0.15) is 5.10 Å². The molecule has 0 aromatic rings. The van der Waals surface area contributed by atoms with E-state index in [1.807, 2.05) is 6.92 Å². The zero-order chi connectivity index (χ0) is 21.7. The van der Waals surface area contributed by atoms with Crippen LogP contribution in [0.3, 0.4) is 0 Å². The Morgan fingerprint density at radius 2 is 2.10 bits per heavy atom. The van der Waals surface area contributed by atoms with E-state index in [4.69, 9.17) is 4.74 Å². The van der Waals surface area contributed by atoms with Crippen LogP contribution in [0.4, 0.5) is 9.18 Å². The number of allylic oxidation sites excluding steroid dienone is 2. The third-order valence-electron chi connectivity index (χ3n) is 5.03. The number of nitrogens with zero attached hydrogens (tertiary/aromatic N) is 4. The summed E-state index contributed by atoms with van der Waals surface area (Å²) in [5.74, 6) is -0.552. The van der Waals surface area contributed by atoms with Crippen molar-refractivity contribution < 1.29 is 23.5 Å². The summed E-state index contributed by atoms with van der Waals surface area (Å²) in [5.41, 5.74) is 0.363. The number of amides is 3. The van der Waals surface area contributed by atoms with Gasteiger partial charge in [-0.05, 0) is 25.3 Å². The summed E-state index contributed by atoms with van der Waals surface area (Å²) in [6, 6.07) is 0. The van der Waals surface area contributed by atoms with Crippen LogP contribution >= 0.6 is 0 Å². The van der Waals surface area contributed by atoms with Gasteiger partial charge in [0.2, 0.25) is 11.8 Å². The van der Waals surface area contributed by atoms with Gasteiger partial charge in [-0.15, -0.1) is 0 Å². The molecule has 1 saturated heterocycles. The predicted molar refractivity (Wildman–Crippen MR) is 108 cm³/mol. The van der Waals surface area contributed by atoms with Crippen molar-refractivity contribution in [2.45, 2.75) is 39.2 Å². The van der Waals surface area contributed by atoms with E-state index in [0.29, 0.717) is 25.2 Å². The van der Waals surface area contributed by atoms with E-state index in [9.17, 15) is 18.8 Å². The number of nitrogens with one attached hydrogen (secondary N) is 1. The first kappa shape index (κ1) is 21.8. The van der Waals surface area contributed by atoms with E-state index in [1.165, 1.54) is 29.2 Å². The molecule has 3 rings (SSSR count). The maximum absolute atomic E-state index is 14.9. The highest BCUT2D eigenvalue weighted by molar-refractivity contribution is 5.82. The number of halogens is 1. The van der Waals surface area contributed by atoms with Crippen molar-refractivity contribution in [2.75, 3.05) is 32.7 Å². The predicted octanol–water partition coefficient (Wildman–Crippen LogP) is 1.59. The van der Waals surface area contributed by atoms with E-state index < -0.39 is 18.0 Å². The van der Waals surface area contributed by atoms with Gasteiger partial charge in [0.25, 0.3) is 0 Å². The monoisotopic (exact) mass is 421 g/mol. The summed E-state index contributed by atoms with van der Waals surface area (Å²) >= 11 is 0. The van der Waals surface area contributed by atoms with Crippen LogP contribution in [0.25, 0.3) is 0 Å². The summed E-state index contributed by atoms with van der Waals surface area (Å²) in [5, 5.41) is 8.24. The minimum atomic E-state index is -0.538. The van der Waals surface area contributed by atoms with Crippen LogP contribution in [0.15, 0.2) is 28.8 Å². The molecule has 1 aliphatic carbocycles. The molecule has 164 valence electrons. The number of carbonyl (C=O) groups excluding carboxylic acids is 3. The summed E-state index contributed by atoms with van der Waals surface area (Å²) in [4.78, 5) is 38.1. The van der Waals surface area contributed by atoms with Gasteiger partial charge >= 0.3 is 6.09 Å². The van der Waals surface area contributed by atoms with Gasteiger partial charge in [0.1, 0.15) is 18.3 Å². The highest BCUT2D eigenvalue weighted by Gasteiger charge is 2.35. The van der Waals surface area contributed by atoms with E-state index >= 15 is 0 Å². The van der Waals surface area contributed by atoms with E-state index in [0.717, 1.165) is 12.8 Å². The average Bonchev–Trinajstić information content (AvgIpc) is 3.52. The quantitative estimate of drug-likeness (QED) is 0.601. The fraction of sp³-hybridized carbons (Fsp3) is 0.600. The molecule has 0 aromatic carbocycles. The van der Waals surface area contributed by atoms with E-state index in [2.05, 4.69) is 10.4 Å². The number of ether oxygens (including phenoxy) is 1. The molecule has 0 aromatic heterocycles. The highest BCUT2D eigenvalue weighted by Crippen LogP contribution is 2.31. The van der Waals surface area contributed by atoms with Gasteiger partial charge in [-0.3, -0.25) is 9.59 Å². The molecular weight excluding hydrogens is 393 g/mol. The Balaban J connectivity index is 1.58. The van der Waals surface area contributed by atoms with Crippen LogP contribution in [0.2, 0.25) is 0 Å². The number of hydrogen-bond acceptors (Lipinski definition) is 6. The Bertz CT molecular complexity index is 777. The maximum atomic E-state index is 14.9.